The first-order chi connectivity index (χ1) is 16.5. The number of likely N-dealkylation sites (N-methyl/N-ethyl adjacent to an activating group) is 1. The van der Waals surface area contributed by atoms with Gasteiger partial charge < -0.3 is 33.0 Å². The van der Waals surface area contributed by atoms with Crippen LogP contribution in [0, 0.1) is 0 Å². The molecule has 8 nitrogen and oxygen atoms in total. The van der Waals surface area contributed by atoms with Crippen LogP contribution in [0.1, 0.15) is 12.0 Å². The Hall–Kier alpha value is -3.65. The second-order valence-corrected chi connectivity index (χ2v) is 7.96. The number of rotatable bonds is 7. The summed E-state index contributed by atoms with van der Waals surface area (Å²) >= 11 is 0. The molecule has 0 aliphatic carbocycles. The molecule has 0 unspecified atom stereocenters. The van der Waals surface area contributed by atoms with Gasteiger partial charge in [-0.3, -0.25) is 4.79 Å². The summed E-state index contributed by atoms with van der Waals surface area (Å²) in [6.07, 6.45) is 2.93. The molecular formula is C26H29NO7. The van der Waals surface area contributed by atoms with Crippen molar-refractivity contribution in [2.24, 2.45) is 0 Å². The van der Waals surface area contributed by atoms with E-state index in [1.807, 2.05) is 0 Å². The molecule has 180 valence electrons. The second-order valence-electron chi connectivity index (χ2n) is 7.96. The molecule has 8 heteroatoms. The van der Waals surface area contributed by atoms with Crippen molar-refractivity contribution in [3.63, 3.8) is 0 Å². The summed E-state index contributed by atoms with van der Waals surface area (Å²) in [6.45, 7) is 1.68. The van der Waals surface area contributed by atoms with Gasteiger partial charge in [0.2, 0.25) is 5.75 Å². The molecule has 1 aliphatic rings. The van der Waals surface area contributed by atoms with Gasteiger partial charge >= 0.3 is 0 Å². The van der Waals surface area contributed by atoms with Crippen molar-refractivity contribution in [3.05, 3.63) is 46.1 Å². The molecule has 1 aliphatic heterocycles. The first-order valence-corrected chi connectivity index (χ1v) is 10.9. The number of nitrogens with zero attached hydrogens (tertiary/aromatic N) is 1. The fourth-order valence-corrected chi connectivity index (χ4v) is 4.33. The first-order valence-electron chi connectivity index (χ1n) is 10.9. The molecule has 3 aromatic rings. The first kappa shape index (κ1) is 23.5. The largest absolute Gasteiger partial charge is 0.496 e. The van der Waals surface area contributed by atoms with Gasteiger partial charge in [0.25, 0.3) is 0 Å². The van der Waals surface area contributed by atoms with Crippen LogP contribution in [0.2, 0.25) is 0 Å². The lowest BCUT2D eigenvalue weighted by atomic mass is 9.95. The summed E-state index contributed by atoms with van der Waals surface area (Å²) in [5.74, 6) is 2.63. The Morgan fingerprint density at radius 3 is 2.15 bits per heavy atom. The lowest BCUT2D eigenvalue weighted by molar-refractivity contribution is 0.325. The zero-order valence-electron chi connectivity index (χ0n) is 20.3. The SMILES string of the molecule is COc1ccc(-c2cc(=O)c3c(OC)cc(OC)c(C4=CCN(C)CC4)c3o2)c(OC)c1OC. The molecule has 0 saturated carbocycles. The van der Waals surface area contributed by atoms with Crippen LogP contribution < -0.4 is 29.1 Å². The number of hydrogen-bond donors (Lipinski definition) is 0. The minimum Gasteiger partial charge on any atom is -0.496 e. The van der Waals surface area contributed by atoms with Crippen LogP contribution >= 0.6 is 0 Å². The minimum absolute atomic E-state index is 0.234. The topological polar surface area (TPSA) is 79.6 Å². The monoisotopic (exact) mass is 467 g/mol. The Kier molecular flexibility index (Phi) is 6.70. The number of fused-ring (bicyclic) bond motifs is 1. The maximum absolute atomic E-state index is 13.4. The van der Waals surface area contributed by atoms with Gasteiger partial charge in [0, 0.05) is 25.2 Å². The van der Waals surface area contributed by atoms with Crippen LogP contribution in [0.4, 0.5) is 0 Å². The van der Waals surface area contributed by atoms with Gasteiger partial charge in [0.1, 0.15) is 22.6 Å². The average Bonchev–Trinajstić information content (AvgIpc) is 2.86. The lowest BCUT2D eigenvalue weighted by Gasteiger charge is -2.24. The van der Waals surface area contributed by atoms with E-state index in [0.717, 1.165) is 30.6 Å². The standard InChI is InChI=1S/C26H29NO7/c1-27-11-9-15(10-12-27)22-20(30-3)14-21(31-4)23-17(28)13-19(34-26(22)23)16-7-8-18(29-2)25(33-6)24(16)32-5/h7-9,13-14H,10-12H2,1-6H3. The van der Waals surface area contributed by atoms with E-state index in [1.165, 1.54) is 27.4 Å². The highest BCUT2D eigenvalue weighted by atomic mass is 16.5. The van der Waals surface area contributed by atoms with Crippen LogP contribution in [-0.4, -0.2) is 60.6 Å². The molecule has 0 spiro atoms. The lowest BCUT2D eigenvalue weighted by Crippen LogP contribution is -2.24. The van der Waals surface area contributed by atoms with Crippen LogP contribution in [0.25, 0.3) is 27.9 Å². The van der Waals surface area contributed by atoms with E-state index < -0.39 is 0 Å². The Morgan fingerprint density at radius 2 is 1.56 bits per heavy atom. The van der Waals surface area contributed by atoms with Gasteiger partial charge in [-0.05, 0) is 31.2 Å². The minimum atomic E-state index is -0.234. The predicted molar refractivity (Wildman–Crippen MR) is 131 cm³/mol. The normalized spacial score (nSPS) is 14.0. The molecule has 2 aromatic carbocycles. The summed E-state index contributed by atoms with van der Waals surface area (Å²) in [7, 11) is 9.79. The summed E-state index contributed by atoms with van der Waals surface area (Å²) < 4.78 is 34.2. The third-order valence-corrected chi connectivity index (χ3v) is 6.07. The van der Waals surface area contributed by atoms with E-state index in [2.05, 4.69) is 18.0 Å². The highest BCUT2D eigenvalue weighted by Gasteiger charge is 2.25. The molecule has 0 radical (unpaired) electrons. The van der Waals surface area contributed by atoms with Crippen molar-refractivity contribution in [1.29, 1.82) is 0 Å². The number of ether oxygens (including phenoxy) is 5. The molecule has 2 heterocycles. The Bertz CT molecular complexity index is 1310. The van der Waals surface area contributed by atoms with Gasteiger partial charge in [0.15, 0.2) is 22.5 Å². The summed E-state index contributed by atoms with van der Waals surface area (Å²) in [4.78, 5) is 15.6. The number of benzene rings is 2. The average molecular weight is 468 g/mol. The summed E-state index contributed by atoms with van der Waals surface area (Å²) in [5.41, 5.74) is 2.55. The van der Waals surface area contributed by atoms with Crippen molar-refractivity contribution in [2.75, 3.05) is 55.7 Å². The molecule has 0 amide bonds. The number of methoxy groups -OCH3 is 5. The Balaban J connectivity index is 2.07. The molecule has 0 fully saturated rings. The second kappa shape index (κ2) is 9.69. The van der Waals surface area contributed by atoms with Crippen molar-refractivity contribution in [3.8, 4) is 40.1 Å². The third kappa shape index (κ3) is 3.94. The quantitative estimate of drug-likeness (QED) is 0.511. The van der Waals surface area contributed by atoms with E-state index in [4.69, 9.17) is 28.1 Å². The Morgan fingerprint density at radius 1 is 0.853 bits per heavy atom. The van der Waals surface area contributed by atoms with Gasteiger partial charge in [-0.25, -0.2) is 0 Å². The van der Waals surface area contributed by atoms with Crippen LogP contribution in [0.3, 0.4) is 0 Å². The highest BCUT2D eigenvalue weighted by molar-refractivity contribution is 5.97. The molecule has 0 saturated heterocycles. The third-order valence-electron chi connectivity index (χ3n) is 6.07. The van der Waals surface area contributed by atoms with E-state index in [9.17, 15) is 4.79 Å². The van der Waals surface area contributed by atoms with E-state index in [1.54, 1.807) is 32.4 Å². The predicted octanol–water partition coefficient (Wildman–Crippen LogP) is 4.22. The van der Waals surface area contributed by atoms with E-state index >= 15 is 0 Å². The van der Waals surface area contributed by atoms with Gasteiger partial charge in [0.05, 0.1) is 46.7 Å². The summed E-state index contributed by atoms with van der Waals surface area (Å²) in [5, 5.41) is 0.362. The van der Waals surface area contributed by atoms with E-state index in [0.29, 0.717) is 51.0 Å². The molecule has 1 aromatic heterocycles. The fraction of sp³-hybridized carbons (Fsp3) is 0.346. The zero-order valence-corrected chi connectivity index (χ0v) is 20.3. The smallest absolute Gasteiger partial charge is 0.204 e. The van der Waals surface area contributed by atoms with Crippen molar-refractivity contribution in [1.82, 2.24) is 4.90 Å². The molecule has 0 bridgehead atoms. The molecule has 34 heavy (non-hydrogen) atoms. The fourth-order valence-electron chi connectivity index (χ4n) is 4.33. The molecule has 0 N–H and O–H groups in total. The van der Waals surface area contributed by atoms with Crippen LogP contribution in [-0.2, 0) is 0 Å². The van der Waals surface area contributed by atoms with Gasteiger partial charge in [-0.1, -0.05) is 6.08 Å². The molecule has 4 rings (SSSR count). The highest BCUT2D eigenvalue weighted by Crippen LogP contribution is 2.46. The van der Waals surface area contributed by atoms with Crippen LogP contribution in [0.15, 0.2) is 39.6 Å². The van der Waals surface area contributed by atoms with Gasteiger partial charge in [-0.2, -0.15) is 0 Å². The van der Waals surface area contributed by atoms with E-state index in [-0.39, 0.29) is 5.43 Å². The summed E-state index contributed by atoms with van der Waals surface area (Å²) in [6, 6.07) is 6.70. The van der Waals surface area contributed by atoms with Gasteiger partial charge in [-0.15, -0.1) is 0 Å². The van der Waals surface area contributed by atoms with Crippen LogP contribution in [0.5, 0.6) is 28.7 Å². The number of hydrogen-bond acceptors (Lipinski definition) is 8. The van der Waals surface area contributed by atoms with Crippen molar-refractivity contribution in [2.45, 2.75) is 6.42 Å². The van der Waals surface area contributed by atoms with Crippen molar-refractivity contribution >= 4 is 16.5 Å². The zero-order chi connectivity index (χ0) is 24.4. The maximum atomic E-state index is 13.4. The maximum Gasteiger partial charge on any atom is 0.204 e. The van der Waals surface area contributed by atoms with Crippen molar-refractivity contribution < 1.29 is 28.1 Å². The Labute approximate surface area is 198 Å². The molecule has 0 atom stereocenters. The molecular weight excluding hydrogens is 438 g/mol.